The minimum absolute atomic E-state index is 0.273. The lowest BCUT2D eigenvalue weighted by Crippen LogP contribution is -2.15. The van der Waals surface area contributed by atoms with E-state index in [1.54, 1.807) is 24.7 Å². The van der Waals surface area contributed by atoms with Gasteiger partial charge < -0.3 is 10.3 Å². The Hall–Kier alpha value is -1.68. The molecule has 0 aliphatic heterocycles. The largest absolute Gasteiger partial charge is 0.336 e. The van der Waals surface area contributed by atoms with Gasteiger partial charge in [0, 0.05) is 7.05 Å². The van der Waals surface area contributed by atoms with Crippen LogP contribution in [-0.2, 0) is 7.05 Å². The van der Waals surface area contributed by atoms with Gasteiger partial charge in [0.05, 0.1) is 24.3 Å². The lowest BCUT2D eigenvalue weighted by Gasteiger charge is -2.12. The van der Waals surface area contributed by atoms with Crippen molar-refractivity contribution in [2.24, 2.45) is 12.8 Å². The molecule has 3 nitrogen and oxygen atoms in total. The number of halogens is 1. The van der Waals surface area contributed by atoms with Gasteiger partial charge >= 0.3 is 0 Å². The second kappa shape index (κ2) is 3.82. The standard InChI is InChI=1S/C11H12FN3/c1-15-7-14-6-10(15)11(13)8-3-2-4-9(12)5-8/h2-7,11H,13H2,1H3. The topological polar surface area (TPSA) is 43.8 Å². The van der Waals surface area contributed by atoms with Crippen molar-refractivity contribution in [3.8, 4) is 0 Å². The van der Waals surface area contributed by atoms with Crippen LogP contribution in [0.25, 0.3) is 0 Å². The smallest absolute Gasteiger partial charge is 0.123 e. The van der Waals surface area contributed by atoms with E-state index >= 15 is 0 Å². The van der Waals surface area contributed by atoms with Crippen LogP contribution in [0.4, 0.5) is 4.39 Å². The molecule has 0 bridgehead atoms. The molecular weight excluding hydrogens is 193 g/mol. The molecule has 1 atom stereocenters. The van der Waals surface area contributed by atoms with Gasteiger partial charge in [0.15, 0.2) is 0 Å². The van der Waals surface area contributed by atoms with Gasteiger partial charge in [-0.2, -0.15) is 0 Å². The summed E-state index contributed by atoms with van der Waals surface area (Å²) in [6, 6.07) is 5.96. The van der Waals surface area contributed by atoms with Gasteiger partial charge in [0.1, 0.15) is 5.82 Å². The van der Waals surface area contributed by atoms with Crippen molar-refractivity contribution >= 4 is 0 Å². The Bertz CT molecular complexity index is 464. The molecule has 0 aliphatic carbocycles. The molecule has 78 valence electrons. The fourth-order valence-electron chi connectivity index (χ4n) is 1.54. The van der Waals surface area contributed by atoms with Crippen molar-refractivity contribution in [3.63, 3.8) is 0 Å². The van der Waals surface area contributed by atoms with Crippen LogP contribution in [0, 0.1) is 5.82 Å². The van der Waals surface area contributed by atoms with Gasteiger partial charge in [-0.05, 0) is 17.7 Å². The Morgan fingerprint density at radius 2 is 2.27 bits per heavy atom. The SMILES string of the molecule is Cn1cncc1C(N)c1cccc(F)c1. The molecule has 0 saturated carbocycles. The number of rotatable bonds is 2. The quantitative estimate of drug-likeness (QED) is 0.809. The highest BCUT2D eigenvalue weighted by molar-refractivity contribution is 5.26. The lowest BCUT2D eigenvalue weighted by atomic mass is 10.1. The molecule has 0 saturated heterocycles. The Balaban J connectivity index is 2.36. The van der Waals surface area contributed by atoms with Crippen molar-refractivity contribution in [2.45, 2.75) is 6.04 Å². The monoisotopic (exact) mass is 205 g/mol. The van der Waals surface area contributed by atoms with E-state index in [0.29, 0.717) is 0 Å². The Kier molecular flexibility index (Phi) is 2.51. The van der Waals surface area contributed by atoms with Crippen molar-refractivity contribution in [2.75, 3.05) is 0 Å². The summed E-state index contributed by atoms with van der Waals surface area (Å²) >= 11 is 0. The highest BCUT2D eigenvalue weighted by Gasteiger charge is 2.12. The summed E-state index contributed by atoms with van der Waals surface area (Å²) in [5.41, 5.74) is 7.61. The minimum atomic E-state index is -0.340. The predicted octanol–water partition coefficient (Wildman–Crippen LogP) is 1.61. The fourth-order valence-corrected chi connectivity index (χ4v) is 1.54. The van der Waals surface area contributed by atoms with Gasteiger partial charge in [0.2, 0.25) is 0 Å². The number of nitrogens with zero attached hydrogens (tertiary/aromatic N) is 2. The normalized spacial score (nSPS) is 12.7. The van der Waals surface area contributed by atoms with Gasteiger partial charge in [0.25, 0.3) is 0 Å². The van der Waals surface area contributed by atoms with Crippen LogP contribution in [0.2, 0.25) is 0 Å². The van der Waals surface area contributed by atoms with E-state index in [2.05, 4.69) is 4.98 Å². The molecule has 4 heteroatoms. The Morgan fingerprint density at radius 1 is 1.47 bits per heavy atom. The maximum atomic E-state index is 13.0. The number of hydrogen-bond acceptors (Lipinski definition) is 2. The summed E-state index contributed by atoms with van der Waals surface area (Å²) < 4.78 is 14.8. The molecule has 2 rings (SSSR count). The van der Waals surface area contributed by atoms with Gasteiger partial charge in [-0.3, -0.25) is 0 Å². The summed E-state index contributed by atoms with van der Waals surface area (Å²) in [6.45, 7) is 0. The molecule has 1 heterocycles. The van der Waals surface area contributed by atoms with E-state index in [9.17, 15) is 4.39 Å². The van der Waals surface area contributed by atoms with Crippen molar-refractivity contribution in [3.05, 3.63) is 53.9 Å². The third-order valence-corrected chi connectivity index (χ3v) is 2.38. The number of nitrogens with two attached hydrogens (primary N) is 1. The zero-order chi connectivity index (χ0) is 10.8. The van der Waals surface area contributed by atoms with Gasteiger partial charge in [-0.25, -0.2) is 9.37 Å². The second-order valence-electron chi connectivity index (χ2n) is 3.46. The number of hydrogen-bond donors (Lipinski definition) is 1. The van der Waals surface area contributed by atoms with Crippen LogP contribution in [0.5, 0.6) is 0 Å². The lowest BCUT2D eigenvalue weighted by molar-refractivity contribution is 0.622. The summed E-state index contributed by atoms with van der Waals surface area (Å²) in [6.07, 6.45) is 3.37. The zero-order valence-electron chi connectivity index (χ0n) is 8.39. The third-order valence-electron chi connectivity index (χ3n) is 2.38. The second-order valence-corrected chi connectivity index (χ2v) is 3.46. The van der Waals surface area contributed by atoms with Gasteiger partial charge in [-0.15, -0.1) is 0 Å². The number of aromatic nitrogens is 2. The number of imidazole rings is 1. The summed E-state index contributed by atoms with van der Waals surface area (Å²) in [5.74, 6) is -0.273. The van der Waals surface area contributed by atoms with E-state index in [-0.39, 0.29) is 11.9 Å². The van der Waals surface area contributed by atoms with Crippen LogP contribution < -0.4 is 5.73 Å². The van der Waals surface area contributed by atoms with Crippen LogP contribution >= 0.6 is 0 Å². The molecule has 0 radical (unpaired) electrons. The van der Waals surface area contributed by atoms with E-state index in [1.165, 1.54) is 12.1 Å². The zero-order valence-corrected chi connectivity index (χ0v) is 8.39. The fraction of sp³-hybridized carbons (Fsp3) is 0.182. The molecular formula is C11H12FN3. The molecule has 0 amide bonds. The Labute approximate surface area is 87.4 Å². The molecule has 1 aromatic carbocycles. The maximum Gasteiger partial charge on any atom is 0.123 e. The predicted molar refractivity (Wildman–Crippen MR) is 55.6 cm³/mol. The van der Waals surface area contributed by atoms with Crippen LogP contribution in [0.3, 0.4) is 0 Å². The van der Waals surface area contributed by atoms with E-state index in [0.717, 1.165) is 11.3 Å². The van der Waals surface area contributed by atoms with Gasteiger partial charge in [-0.1, -0.05) is 12.1 Å². The summed E-state index contributed by atoms with van der Waals surface area (Å²) in [5, 5.41) is 0. The van der Waals surface area contributed by atoms with E-state index in [1.807, 2.05) is 11.6 Å². The van der Waals surface area contributed by atoms with E-state index in [4.69, 9.17) is 5.73 Å². The average Bonchev–Trinajstić information content (AvgIpc) is 2.63. The molecule has 2 aromatic rings. The van der Waals surface area contributed by atoms with Crippen LogP contribution in [-0.4, -0.2) is 9.55 Å². The van der Waals surface area contributed by atoms with Crippen LogP contribution in [0.15, 0.2) is 36.8 Å². The molecule has 1 aromatic heterocycles. The highest BCUT2D eigenvalue weighted by atomic mass is 19.1. The summed E-state index contributed by atoms with van der Waals surface area (Å²) in [4.78, 5) is 3.98. The summed E-state index contributed by atoms with van der Waals surface area (Å²) in [7, 11) is 1.86. The first-order valence-electron chi connectivity index (χ1n) is 4.66. The minimum Gasteiger partial charge on any atom is -0.336 e. The molecule has 1 unspecified atom stereocenters. The molecule has 0 spiro atoms. The first-order chi connectivity index (χ1) is 7.18. The van der Waals surface area contributed by atoms with Crippen molar-refractivity contribution in [1.29, 1.82) is 0 Å². The van der Waals surface area contributed by atoms with Crippen molar-refractivity contribution in [1.82, 2.24) is 9.55 Å². The molecule has 0 fully saturated rings. The average molecular weight is 205 g/mol. The maximum absolute atomic E-state index is 13.0. The first-order valence-corrected chi connectivity index (χ1v) is 4.66. The van der Waals surface area contributed by atoms with Crippen LogP contribution in [0.1, 0.15) is 17.3 Å². The third kappa shape index (κ3) is 1.89. The Morgan fingerprint density at radius 3 is 2.87 bits per heavy atom. The first kappa shape index (κ1) is 9.86. The highest BCUT2D eigenvalue weighted by Crippen LogP contribution is 2.18. The molecule has 2 N–H and O–H groups in total. The van der Waals surface area contributed by atoms with Crippen molar-refractivity contribution < 1.29 is 4.39 Å². The molecule has 0 aliphatic rings. The number of aryl methyl sites for hydroxylation is 1. The number of benzene rings is 1. The van der Waals surface area contributed by atoms with E-state index < -0.39 is 0 Å². The molecule has 15 heavy (non-hydrogen) atoms.